The first-order valence-electron chi connectivity index (χ1n) is 5.44. The van der Waals surface area contributed by atoms with E-state index in [1.807, 2.05) is 12.2 Å². The van der Waals surface area contributed by atoms with Crippen LogP contribution in [-0.2, 0) is 12.8 Å². The maximum atomic E-state index is 3.81. The molecule has 0 unspecified atom stereocenters. The van der Waals surface area contributed by atoms with Crippen molar-refractivity contribution in [3.63, 3.8) is 0 Å². The molecule has 0 saturated carbocycles. The van der Waals surface area contributed by atoms with Crippen LogP contribution in [0.1, 0.15) is 11.1 Å². The molecule has 0 aromatic carbocycles. The van der Waals surface area contributed by atoms with Crippen LogP contribution in [0.3, 0.4) is 0 Å². The number of allylic oxidation sites excluding steroid dienone is 2. The molecule has 0 amide bonds. The second-order valence-electron chi connectivity index (χ2n) is 3.80. The minimum atomic E-state index is 0.433. The van der Waals surface area contributed by atoms with Crippen LogP contribution < -0.4 is 0 Å². The summed E-state index contributed by atoms with van der Waals surface area (Å²) >= 11 is 8.27. The molecule has 2 rings (SSSR count). The van der Waals surface area contributed by atoms with Crippen molar-refractivity contribution in [2.75, 3.05) is 0 Å². The van der Waals surface area contributed by atoms with Gasteiger partial charge in [0.15, 0.2) is 0 Å². The van der Waals surface area contributed by atoms with E-state index in [9.17, 15) is 0 Å². The fourth-order valence-electron chi connectivity index (χ4n) is 1.65. The van der Waals surface area contributed by atoms with Crippen LogP contribution in [0.2, 0.25) is 0 Å². The zero-order valence-electron chi connectivity index (χ0n) is 9.71. The average molecular weight is 498 g/mol. The van der Waals surface area contributed by atoms with E-state index in [1.165, 1.54) is 26.7 Å². The quantitative estimate of drug-likeness (QED) is 0.423. The fraction of sp³-hybridized carbons (Fsp3) is 0.143. The summed E-state index contributed by atoms with van der Waals surface area (Å²) < 4.78 is 5.77. The molecule has 0 fully saturated rings. The summed E-state index contributed by atoms with van der Waals surface area (Å²) in [5, 5.41) is 0. The predicted octanol–water partition coefficient (Wildman–Crippen LogP) is 4.45. The fourth-order valence-corrected chi connectivity index (χ4v) is 8.39. The Morgan fingerprint density at radius 3 is 1.61 bits per heavy atom. The van der Waals surface area contributed by atoms with E-state index in [0.29, 0.717) is 29.0 Å². The van der Waals surface area contributed by atoms with E-state index in [2.05, 4.69) is 57.2 Å². The summed E-state index contributed by atoms with van der Waals surface area (Å²) in [6.45, 7) is 7.63. The summed E-state index contributed by atoms with van der Waals surface area (Å²) in [5.41, 5.74) is 2.79. The second-order valence-corrected chi connectivity index (χ2v) is 12.2. The van der Waals surface area contributed by atoms with Crippen LogP contribution >= 0.6 is 31.9 Å². The minimum absolute atomic E-state index is 0.433. The normalized spacial score (nSPS) is 10.6. The summed E-state index contributed by atoms with van der Waals surface area (Å²) in [4.78, 5) is 0. The van der Waals surface area contributed by atoms with Gasteiger partial charge in [-0.05, 0) is 0 Å². The van der Waals surface area contributed by atoms with Gasteiger partial charge in [-0.1, -0.05) is 0 Å². The molecule has 2 aromatic heterocycles. The van der Waals surface area contributed by atoms with Crippen LogP contribution in [0.25, 0.3) is 8.87 Å². The van der Waals surface area contributed by atoms with E-state index >= 15 is 0 Å². The second kappa shape index (κ2) is 6.74. The first-order chi connectivity index (χ1) is 8.65. The standard InChI is InChI=1S/C14H12Br2Se2/c1-3-5-9-7-11(17-13(9)15)12-8-10(6-4-2)14(16)18-12/h3-4,7-8H,1-2,5-6H2. The molecule has 0 atom stereocenters. The van der Waals surface area contributed by atoms with E-state index in [0.717, 1.165) is 12.8 Å². The van der Waals surface area contributed by atoms with Crippen LogP contribution in [0.5, 0.6) is 0 Å². The van der Waals surface area contributed by atoms with E-state index < -0.39 is 0 Å². The van der Waals surface area contributed by atoms with E-state index in [-0.39, 0.29) is 0 Å². The van der Waals surface area contributed by atoms with Crippen LogP contribution in [0.4, 0.5) is 0 Å². The van der Waals surface area contributed by atoms with Crippen molar-refractivity contribution in [3.8, 4) is 8.87 Å². The number of rotatable bonds is 5. The molecule has 18 heavy (non-hydrogen) atoms. The summed E-state index contributed by atoms with van der Waals surface area (Å²) in [5.74, 6) is 0. The van der Waals surface area contributed by atoms with Crippen molar-refractivity contribution in [2.45, 2.75) is 12.8 Å². The Hall–Kier alpha value is 0.439. The third-order valence-electron chi connectivity index (χ3n) is 2.49. The zero-order valence-corrected chi connectivity index (χ0v) is 16.3. The maximum absolute atomic E-state index is 3.81. The molecule has 4 heteroatoms. The molecule has 0 aliphatic carbocycles. The van der Waals surface area contributed by atoms with Gasteiger partial charge in [0.05, 0.1) is 0 Å². The van der Waals surface area contributed by atoms with Gasteiger partial charge < -0.3 is 0 Å². The molecule has 0 spiro atoms. The van der Waals surface area contributed by atoms with Gasteiger partial charge in [-0.15, -0.1) is 0 Å². The summed E-state index contributed by atoms with van der Waals surface area (Å²) in [6.07, 6.45) is 5.86. The molecular weight excluding hydrogens is 486 g/mol. The van der Waals surface area contributed by atoms with Crippen LogP contribution in [-0.4, -0.2) is 29.0 Å². The molecule has 0 bridgehead atoms. The average Bonchev–Trinajstić information content (AvgIpc) is 2.86. The Labute approximate surface area is 137 Å². The molecule has 0 radical (unpaired) electrons. The third-order valence-corrected chi connectivity index (χ3v) is 10.0. The summed E-state index contributed by atoms with van der Waals surface area (Å²) in [7, 11) is 0. The summed E-state index contributed by atoms with van der Waals surface area (Å²) in [6, 6.07) is 4.69. The Morgan fingerprint density at radius 1 is 0.889 bits per heavy atom. The van der Waals surface area contributed by atoms with Gasteiger partial charge >= 0.3 is 138 Å². The first kappa shape index (κ1) is 14.8. The van der Waals surface area contributed by atoms with Crippen molar-refractivity contribution < 1.29 is 0 Å². The molecule has 0 nitrogen and oxygen atoms in total. The molecule has 94 valence electrons. The number of hydrogen-bond donors (Lipinski definition) is 0. The van der Waals surface area contributed by atoms with Crippen molar-refractivity contribution >= 4 is 60.9 Å². The van der Waals surface area contributed by atoms with Gasteiger partial charge in [-0.25, -0.2) is 0 Å². The van der Waals surface area contributed by atoms with Gasteiger partial charge in [0.25, 0.3) is 0 Å². The predicted molar refractivity (Wildman–Crippen MR) is 89.0 cm³/mol. The van der Waals surface area contributed by atoms with E-state index in [1.54, 1.807) is 0 Å². The van der Waals surface area contributed by atoms with Gasteiger partial charge in [-0.2, -0.15) is 0 Å². The molecule has 0 N–H and O–H groups in total. The van der Waals surface area contributed by atoms with Gasteiger partial charge in [0.1, 0.15) is 0 Å². The van der Waals surface area contributed by atoms with Crippen molar-refractivity contribution in [2.24, 2.45) is 0 Å². The Morgan fingerprint density at radius 2 is 1.28 bits per heavy atom. The van der Waals surface area contributed by atoms with Crippen molar-refractivity contribution in [3.05, 3.63) is 55.3 Å². The van der Waals surface area contributed by atoms with Crippen LogP contribution in [0.15, 0.2) is 44.1 Å². The third kappa shape index (κ3) is 3.30. The SMILES string of the molecule is C=CCc1cc(-c2cc(CC=C)c(Br)[se]2)[se]c1Br. The van der Waals surface area contributed by atoms with Gasteiger partial charge in [0, 0.05) is 0 Å². The number of halogens is 2. The monoisotopic (exact) mass is 498 g/mol. The topological polar surface area (TPSA) is 0 Å². The van der Waals surface area contributed by atoms with Crippen molar-refractivity contribution in [1.82, 2.24) is 0 Å². The van der Waals surface area contributed by atoms with E-state index in [4.69, 9.17) is 0 Å². The Kier molecular flexibility index (Phi) is 5.56. The molecule has 0 saturated heterocycles. The molecular formula is C14H12Br2Se2. The van der Waals surface area contributed by atoms with Gasteiger partial charge in [0.2, 0.25) is 0 Å². The molecule has 0 aliphatic heterocycles. The Balaban J connectivity index is 2.36. The number of hydrogen-bond acceptors (Lipinski definition) is 0. The Bertz CT molecular complexity index is 526. The zero-order chi connectivity index (χ0) is 13.1. The first-order valence-corrected chi connectivity index (χ1v) is 10.5. The molecule has 2 heterocycles. The van der Waals surface area contributed by atoms with Crippen molar-refractivity contribution in [1.29, 1.82) is 0 Å². The molecule has 0 aliphatic rings. The van der Waals surface area contributed by atoms with Crippen LogP contribution in [0, 0.1) is 0 Å². The van der Waals surface area contributed by atoms with Gasteiger partial charge in [-0.3, -0.25) is 0 Å². The molecule has 2 aromatic rings.